The molecule has 3 aromatic rings. The van der Waals surface area contributed by atoms with E-state index in [4.69, 9.17) is 4.74 Å². The summed E-state index contributed by atoms with van der Waals surface area (Å²) in [4.78, 5) is 12.5. The van der Waals surface area contributed by atoms with E-state index in [9.17, 15) is 31.1 Å². The predicted molar refractivity (Wildman–Crippen MR) is 94.5 cm³/mol. The molecule has 0 bridgehead atoms. The quantitative estimate of drug-likeness (QED) is 0.583. The van der Waals surface area contributed by atoms with Crippen LogP contribution in [0.1, 0.15) is 21.6 Å². The molecule has 0 atom stereocenters. The number of carbonyl (C=O) groups is 1. The molecular weight excluding hydrogens is 416 g/mol. The van der Waals surface area contributed by atoms with Crippen LogP contribution in [-0.4, -0.2) is 22.8 Å². The van der Waals surface area contributed by atoms with E-state index in [0.29, 0.717) is 17.8 Å². The highest BCUT2D eigenvalue weighted by molar-refractivity contribution is 6.04. The van der Waals surface area contributed by atoms with Gasteiger partial charge in [-0.2, -0.15) is 31.4 Å². The lowest BCUT2D eigenvalue weighted by molar-refractivity contribution is -0.143. The second-order valence-corrected chi connectivity index (χ2v) is 6.07. The molecule has 1 aromatic heterocycles. The molecule has 1 amide bonds. The van der Waals surface area contributed by atoms with Crippen LogP contribution in [0.3, 0.4) is 0 Å². The Morgan fingerprint density at radius 2 is 1.53 bits per heavy atom. The molecule has 1 heterocycles. The van der Waals surface area contributed by atoms with Gasteiger partial charge in [0.25, 0.3) is 5.91 Å². The molecule has 2 aromatic carbocycles. The topological polar surface area (TPSA) is 56.2 Å². The second-order valence-electron chi connectivity index (χ2n) is 6.07. The number of amides is 1. The van der Waals surface area contributed by atoms with Crippen molar-refractivity contribution in [1.29, 1.82) is 0 Å². The SMILES string of the molecule is COc1cn(-c2ccccc2)nc1C(=O)Nc1cc(C(F)(F)F)cc(C(F)(F)F)c1. The number of nitrogens with zero attached hydrogens (tertiary/aromatic N) is 2. The third kappa shape index (κ3) is 4.56. The van der Waals surface area contributed by atoms with Crippen molar-refractivity contribution < 1.29 is 35.9 Å². The number of rotatable bonds is 4. The highest BCUT2D eigenvalue weighted by Crippen LogP contribution is 2.37. The Balaban J connectivity index is 1.97. The Hall–Kier alpha value is -3.50. The molecular formula is C19H13F6N3O2. The van der Waals surface area contributed by atoms with Gasteiger partial charge in [0.15, 0.2) is 11.4 Å². The molecule has 0 aliphatic rings. The summed E-state index contributed by atoms with van der Waals surface area (Å²) in [5.41, 5.74) is -3.53. The molecule has 0 aliphatic heterocycles. The van der Waals surface area contributed by atoms with Gasteiger partial charge >= 0.3 is 12.4 Å². The third-order valence-electron chi connectivity index (χ3n) is 3.98. The molecule has 0 spiro atoms. The Morgan fingerprint density at radius 1 is 0.967 bits per heavy atom. The minimum absolute atomic E-state index is 0.0145. The fraction of sp³-hybridized carbons (Fsp3) is 0.158. The zero-order valence-corrected chi connectivity index (χ0v) is 15.2. The number of carbonyl (C=O) groups excluding carboxylic acids is 1. The van der Waals surface area contributed by atoms with E-state index >= 15 is 0 Å². The fourth-order valence-corrected chi connectivity index (χ4v) is 2.60. The molecule has 0 aliphatic carbocycles. The van der Waals surface area contributed by atoms with Crippen LogP contribution in [-0.2, 0) is 12.4 Å². The number of halogens is 6. The van der Waals surface area contributed by atoms with Crippen molar-refractivity contribution in [3.05, 3.63) is 71.5 Å². The number of methoxy groups -OCH3 is 1. The molecule has 0 fully saturated rings. The first-order valence-electron chi connectivity index (χ1n) is 8.29. The van der Waals surface area contributed by atoms with Gasteiger partial charge in [-0.25, -0.2) is 4.68 Å². The normalized spacial score (nSPS) is 12.0. The lowest BCUT2D eigenvalue weighted by atomic mass is 10.1. The van der Waals surface area contributed by atoms with E-state index in [0.717, 1.165) is 0 Å². The van der Waals surface area contributed by atoms with Crippen LogP contribution in [0.15, 0.2) is 54.7 Å². The number of benzene rings is 2. The molecule has 5 nitrogen and oxygen atoms in total. The molecule has 0 unspecified atom stereocenters. The van der Waals surface area contributed by atoms with Gasteiger partial charge < -0.3 is 10.1 Å². The highest BCUT2D eigenvalue weighted by Gasteiger charge is 2.37. The smallest absolute Gasteiger partial charge is 0.416 e. The molecule has 0 radical (unpaired) electrons. The average molecular weight is 429 g/mol. The molecule has 30 heavy (non-hydrogen) atoms. The van der Waals surface area contributed by atoms with Gasteiger partial charge in [-0.05, 0) is 30.3 Å². The number of hydrogen-bond donors (Lipinski definition) is 1. The minimum atomic E-state index is -5.03. The lowest BCUT2D eigenvalue weighted by Gasteiger charge is -2.14. The standard InChI is InChI=1S/C19H13F6N3O2/c1-30-15-10-28(14-5-3-2-4-6-14)27-16(15)17(29)26-13-8-11(18(20,21)22)7-12(9-13)19(23,24)25/h2-10H,1H3,(H,26,29). The number of para-hydroxylation sites is 1. The van der Waals surface area contributed by atoms with Crippen molar-refractivity contribution in [2.45, 2.75) is 12.4 Å². The van der Waals surface area contributed by atoms with Gasteiger partial charge in [0.05, 0.1) is 30.1 Å². The maximum atomic E-state index is 13.0. The molecule has 158 valence electrons. The monoisotopic (exact) mass is 429 g/mol. The predicted octanol–water partition coefficient (Wildman–Crippen LogP) is 5.17. The first-order chi connectivity index (χ1) is 14.0. The van der Waals surface area contributed by atoms with Crippen LogP contribution in [0.5, 0.6) is 5.75 Å². The van der Waals surface area contributed by atoms with Crippen LogP contribution in [0.4, 0.5) is 32.0 Å². The highest BCUT2D eigenvalue weighted by atomic mass is 19.4. The zero-order valence-electron chi connectivity index (χ0n) is 15.2. The van der Waals surface area contributed by atoms with Crippen LogP contribution in [0.2, 0.25) is 0 Å². The van der Waals surface area contributed by atoms with E-state index in [-0.39, 0.29) is 17.5 Å². The molecule has 3 rings (SSSR count). The number of alkyl halides is 6. The fourth-order valence-electron chi connectivity index (χ4n) is 2.60. The van der Waals surface area contributed by atoms with Crippen molar-refractivity contribution in [2.75, 3.05) is 12.4 Å². The summed E-state index contributed by atoms with van der Waals surface area (Å²) in [5.74, 6) is -1.05. The summed E-state index contributed by atoms with van der Waals surface area (Å²) < 4.78 is 84.3. The van der Waals surface area contributed by atoms with Crippen LogP contribution < -0.4 is 10.1 Å². The number of hydrogen-bond acceptors (Lipinski definition) is 3. The number of ether oxygens (including phenoxy) is 1. The summed E-state index contributed by atoms with van der Waals surface area (Å²) in [6, 6.07) is 9.33. The number of nitrogens with one attached hydrogen (secondary N) is 1. The second kappa shape index (κ2) is 7.73. The summed E-state index contributed by atoms with van der Waals surface area (Å²) >= 11 is 0. The summed E-state index contributed by atoms with van der Waals surface area (Å²) in [6.45, 7) is 0. The Labute approximate surface area is 165 Å². The largest absolute Gasteiger partial charge is 0.493 e. The summed E-state index contributed by atoms with van der Waals surface area (Å²) in [7, 11) is 1.25. The van der Waals surface area contributed by atoms with Gasteiger partial charge in [0, 0.05) is 5.69 Å². The zero-order chi connectivity index (χ0) is 22.1. The molecule has 11 heteroatoms. The van der Waals surface area contributed by atoms with Gasteiger partial charge in [0.1, 0.15) is 0 Å². The Morgan fingerprint density at radius 3 is 2.03 bits per heavy atom. The van der Waals surface area contributed by atoms with E-state index in [2.05, 4.69) is 5.10 Å². The van der Waals surface area contributed by atoms with E-state index < -0.39 is 35.1 Å². The van der Waals surface area contributed by atoms with Crippen molar-refractivity contribution in [3.8, 4) is 11.4 Å². The molecule has 1 N–H and O–H groups in total. The minimum Gasteiger partial charge on any atom is -0.493 e. The number of aromatic nitrogens is 2. The van der Waals surface area contributed by atoms with Gasteiger partial charge in [-0.3, -0.25) is 4.79 Å². The van der Waals surface area contributed by atoms with Crippen molar-refractivity contribution in [3.63, 3.8) is 0 Å². The first kappa shape index (κ1) is 21.2. The van der Waals surface area contributed by atoms with Crippen molar-refractivity contribution >= 4 is 11.6 Å². The van der Waals surface area contributed by atoms with Crippen molar-refractivity contribution in [1.82, 2.24) is 9.78 Å². The number of anilines is 1. The van der Waals surface area contributed by atoms with Gasteiger partial charge in [0.2, 0.25) is 0 Å². The summed E-state index contributed by atoms with van der Waals surface area (Å²) in [5, 5.41) is 6.05. The third-order valence-corrected chi connectivity index (χ3v) is 3.98. The van der Waals surface area contributed by atoms with Gasteiger partial charge in [-0.1, -0.05) is 18.2 Å². The Bertz CT molecular complexity index is 1030. The Kier molecular flexibility index (Phi) is 5.47. The van der Waals surface area contributed by atoms with E-state index in [1.54, 1.807) is 30.3 Å². The average Bonchev–Trinajstić information content (AvgIpc) is 3.12. The maximum Gasteiger partial charge on any atom is 0.416 e. The first-order valence-corrected chi connectivity index (χ1v) is 8.29. The van der Waals surface area contributed by atoms with Crippen LogP contribution >= 0.6 is 0 Å². The molecule has 0 saturated heterocycles. The van der Waals surface area contributed by atoms with E-state index in [1.165, 1.54) is 18.0 Å². The summed E-state index contributed by atoms with van der Waals surface area (Å²) in [6.07, 6.45) is -8.71. The maximum absolute atomic E-state index is 13.0. The van der Waals surface area contributed by atoms with Crippen LogP contribution in [0, 0.1) is 0 Å². The lowest BCUT2D eigenvalue weighted by Crippen LogP contribution is -2.17. The molecule has 0 saturated carbocycles. The van der Waals surface area contributed by atoms with Gasteiger partial charge in [-0.15, -0.1) is 0 Å². The van der Waals surface area contributed by atoms with Crippen LogP contribution in [0.25, 0.3) is 5.69 Å². The van der Waals surface area contributed by atoms with E-state index in [1.807, 2.05) is 5.32 Å². The van der Waals surface area contributed by atoms with Crippen molar-refractivity contribution in [2.24, 2.45) is 0 Å².